The van der Waals surface area contributed by atoms with Gasteiger partial charge in [0.1, 0.15) is 12.1 Å². The summed E-state index contributed by atoms with van der Waals surface area (Å²) >= 11 is 1.11. The van der Waals surface area contributed by atoms with Crippen LogP contribution in [0, 0.1) is 0 Å². The van der Waals surface area contributed by atoms with E-state index in [0.717, 1.165) is 22.5 Å². The fourth-order valence-corrected chi connectivity index (χ4v) is 5.05. The van der Waals surface area contributed by atoms with E-state index < -0.39 is 37.8 Å². The Morgan fingerprint density at radius 1 is 1.16 bits per heavy atom. The second kappa shape index (κ2) is 11.5. The van der Waals surface area contributed by atoms with Gasteiger partial charge in [-0.05, 0) is 19.3 Å². The van der Waals surface area contributed by atoms with E-state index in [1.807, 2.05) is 6.92 Å². The highest BCUT2D eigenvalue weighted by Crippen LogP contribution is 2.38. The van der Waals surface area contributed by atoms with Crippen molar-refractivity contribution in [1.29, 1.82) is 0 Å². The summed E-state index contributed by atoms with van der Waals surface area (Å²) in [6.45, 7) is 1.81. The number of nitrogens with one attached hydrogen (secondary N) is 1. The Bertz CT molecular complexity index is 1020. The first-order chi connectivity index (χ1) is 15.0. The van der Waals surface area contributed by atoms with Crippen molar-refractivity contribution in [1.82, 2.24) is 9.88 Å². The summed E-state index contributed by atoms with van der Waals surface area (Å²) in [5.74, 6) is -2.75. The van der Waals surface area contributed by atoms with Crippen molar-refractivity contribution in [2.24, 2.45) is 0 Å². The van der Waals surface area contributed by atoms with Crippen LogP contribution in [0.2, 0.25) is 0 Å². The highest BCUT2D eigenvalue weighted by Gasteiger charge is 2.27. The lowest BCUT2D eigenvalue weighted by molar-refractivity contribution is -0.141. The molecule has 10 nitrogen and oxygen atoms in total. The van der Waals surface area contributed by atoms with Gasteiger partial charge in [0.15, 0.2) is 0 Å². The molecule has 176 valence electrons. The Morgan fingerprint density at radius 2 is 1.84 bits per heavy atom. The predicted octanol–water partition coefficient (Wildman–Crippen LogP) is 2.69. The quantitative estimate of drug-likeness (QED) is 0.211. The van der Waals surface area contributed by atoms with Crippen molar-refractivity contribution in [2.45, 2.75) is 49.7 Å². The lowest BCUT2D eigenvalue weighted by atomic mass is 10.1. The summed E-state index contributed by atoms with van der Waals surface area (Å²) in [6, 6.07) is 4.90. The third-order valence-corrected chi connectivity index (χ3v) is 6.85. The van der Waals surface area contributed by atoms with E-state index in [9.17, 15) is 29.2 Å². The van der Waals surface area contributed by atoms with Crippen molar-refractivity contribution < 1.29 is 38.9 Å². The fraction of sp³-hybridized carbons (Fsp3) is 0.450. The minimum absolute atomic E-state index is 0.00467. The second-order valence-electron chi connectivity index (χ2n) is 7.33. The molecule has 0 aliphatic rings. The summed E-state index contributed by atoms with van der Waals surface area (Å²) in [7, 11) is -4.25. The molecule has 0 radical (unpaired) electrons. The summed E-state index contributed by atoms with van der Waals surface area (Å²) in [6.07, 6.45) is 1.99. The lowest BCUT2D eigenvalue weighted by Gasteiger charge is -2.19. The Morgan fingerprint density at radius 3 is 2.44 bits per heavy atom. The Balaban J connectivity index is 2.32. The van der Waals surface area contributed by atoms with Crippen LogP contribution >= 0.6 is 19.4 Å². The molecule has 1 unspecified atom stereocenters. The molecule has 2 rings (SSSR count). The highest BCUT2D eigenvalue weighted by molar-refractivity contribution is 7.99. The van der Waals surface area contributed by atoms with Crippen LogP contribution in [-0.2, 0) is 18.9 Å². The van der Waals surface area contributed by atoms with Crippen LogP contribution in [0.4, 0.5) is 0 Å². The minimum Gasteiger partial charge on any atom is -0.480 e. The van der Waals surface area contributed by atoms with E-state index in [1.54, 1.807) is 30.5 Å². The molecule has 2 aromatic rings. The number of carbonyl (C=O) groups is 3. The second-order valence-corrected chi connectivity index (χ2v) is 10.1. The third kappa shape index (κ3) is 7.37. The largest absolute Gasteiger partial charge is 0.480 e. The van der Waals surface area contributed by atoms with Gasteiger partial charge in [-0.1, -0.05) is 31.2 Å². The van der Waals surface area contributed by atoms with Gasteiger partial charge in [-0.25, -0.2) is 9.59 Å². The summed E-state index contributed by atoms with van der Waals surface area (Å²) < 4.78 is 12.7. The topological polar surface area (TPSA) is 166 Å². The summed E-state index contributed by atoms with van der Waals surface area (Å²) in [4.78, 5) is 53.6. The first kappa shape index (κ1) is 25.9. The minimum atomic E-state index is -4.25. The van der Waals surface area contributed by atoms with Crippen molar-refractivity contribution in [3.63, 3.8) is 0 Å². The van der Waals surface area contributed by atoms with Crippen LogP contribution in [0.5, 0.6) is 0 Å². The maximum absolute atomic E-state index is 12.0. The number of fused-ring (bicyclic) bond motifs is 1. The molecule has 0 bridgehead atoms. The zero-order valence-corrected chi connectivity index (χ0v) is 19.2. The van der Waals surface area contributed by atoms with Gasteiger partial charge in [0.05, 0.1) is 5.03 Å². The SMILES string of the molecule is CCCC(=O)N[C@@H](CSc1c2ccccc2cn1C(CCCP(=O)(O)O)C(=O)O)C(=O)O. The van der Waals surface area contributed by atoms with Gasteiger partial charge in [0.2, 0.25) is 5.91 Å². The molecule has 1 heterocycles. The molecule has 0 aliphatic heterocycles. The molecule has 32 heavy (non-hydrogen) atoms. The van der Waals surface area contributed by atoms with Crippen LogP contribution in [-0.4, -0.2) is 60.4 Å². The lowest BCUT2D eigenvalue weighted by Crippen LogP contribution is -2.42. The average Bonchev–Trinajstić information content (AvgIpc) is 3.05. The summed E-state index contributed by atoms with van der Waals surface area (Å²) in [5, 5.41) is 23.7. The first-order valence-corrected chi connectivity index (χ1v) is 12.8. The molecule has 0 saturated carbocycles. The predicted molar refractivity (Wildman–Crippen MR) is 120 cm³/mol. The third-order valence-electron chi connectivity index (χ3n) is 4.75. The Labute approximate surface area is 189 Å². The zero-order chi connectivity index (χ0) is 23.9. The van der Waals surface area contributed by atoms with Crippen LogP contribution in [0.1, 0.15) is 38.6 Å². The van der Waals surface area contributed by atoms with Gasteiger partial charge in [-0.15, -0.1) is 11.8 Å². The number of benzene rings is 1. The number of carboxylic acids is 2. The van der Waals surface area contributed by atoms with Gasteiger partial charge in [-0.2, -0.15) is 0 Å². The molecule has 0 spiro atoms. The van der Waals surface area contributed by atoms with Crippen molar-refractivity contribution in [3.8, 4) is 0 Å². The van der Waals surface area contributed by atoms with Gasteiger partial charge in [-0.3, -0.25) is 9.36 Å². The molecule has 0 saturated heterocycles. The maximum atomic E-state index is 12.0. The standard InChI is InChI=1S/C20H27N2O8PS/c1-2-6-17(23)21-15(19(24)25)12-32-18-14-8-4-3-7-13(14)11-22(18)16(20(26)27)9-5-10-31(28,29)30/h3-4,7-8,11,15-16H,2,5-6,9-10,12H2,1H3,(H,21,23)(H,24,25)(H,26,27)(H2,28,29,30)/t15-,16?/m0/s1. The molecular formula is C20H27N2O8PS. The Kier molecular flexibility index (Phi) is 9.33. The average molecular weight is 486 g/mol. The number of thioether (sulfide) groups is 1. The van der Waals surface area contributed by atoms with Gasteiger partial charge < -0.3 is 29.9 Å². The van der Waals surface area contributed by atoms with E-state index >= 15 is 0 Å². The number of nitrogens with zero attached hydrogens (tertiary/aromatic N) is 1. The first-order valence-electron chi connectivity index (χ1n) is 10.1. The number of amides is 1. The normalized spacial score (nSPS) is 13.6. The summed E-state index contributed by atoms with van der Waals surface area (Å²) in [5.41, 5.74) is 0. The van der Waals surface area contributed by atoms with Crippen molar-refractivity contribution in [2.75, 3.05) is 11.9 Å². The van der Waals surface area contributed by atoms with Crippen molar-refractivity contribution >= 4 is 48.0 Å². The van der Waals surface area contributed by atoms with Gasteiger partial charge >= 0.3 is 19.5 Å². The van der Waals surface area contributed by atoms with E-state index in [-0.39, 0.29) is 30.9 Å². The molecule has 2 atom stereocenters. The van der Waals surface area contributed by atoms with Crippen LogP contribution in [0.15, 0.2) is 35.5 Å². The number of hydrogen-bond acceptors (Lipinski definition) is 5. The smallest absolute Gasteiger partial charge is 0.327 e. The van der Waals surface area contributed by atoms with Crippen LogP contribution in [0.3, 0.4) is 0 Å². The molecule has 0 fully saturated rings. The number of aromatic nitrogens is 1. The zero-order valence-electron chi connectivity index (χ0n) is 17.5. The maximum Gasteiger partial charge on any atom is 0.327 e. The molecule has 12 heteroatoms. The number of rotatable bonds is 13. The number of hydrogen-bond donors (Lipinski definition) is 5. The van der Waals surface area contributed by atoms with Crippen LogP contribution in [0.25, 0.3) is 10.8 Å². The number of carbonyl (C=O) groups excluding carboxylic acids is 1. The van der Waals surface area contributed by atoms with E-state index in [2.05, 4.69) is 5.32 Å². The van der Waals surface area contributed by atoms with E-state index in [4.69, 9.17) is 9.79 Å². The molecule has 5 N–H and O–H groups in total. The van der Waals surface area contributed by atoms with E-state index in [1.165, 1.54) is 4.57 Å². The molecule has 1 aromatic heterocycles. The molecule has 0 aliphatic carbocycles. The molecule has 1 amide bonds. The van der Waals surface area contributed by atoms with Gasteiger partial charge in [0.25, 0.3) is 0 Å². The number of aliphatic carboxylic acids is 2. The monoisotopic (exact) mass is 486 g/mol. The highest BCUT2D eigenvalue weighted by atomic mass is 32.2. The fourth-order valence-electron chi connectivity index (χ4n) is 3.24. The van der Waals surface area contributed by atoms with E-state index in [0.29, 0.717) is 11.4 Å². The molecular weight excluding hydrogens is 459 g/mol. The Hall–Kier alpha value is -2.33. The van der Waals surface area contributed by atoms with Gasteiger partial charge in [0, 0.05) is 35.3 Å². The van der Waals surface area contributed by atoms with Crippen molar-refractivity contribution in [3.05, 3.63) is 30.5 Å². The van der Waals surface area contributed by atoms with Crippen LogP contribution < -0.4 is 5.32 Å². The number of carboxylic acid groups (broad SMARTS) is 2. The molecule has 1 aromatic carbocycles.